The summed E-state index contributed by atoms with van der Waals surface area (Å²) in [5.74, 6) is -0.369. The van der Waals surface area contributed by atoms with Gasteiger partial charge in [-0.3, -0.25) is 4.79 Å². The molecule has 172 valence electrons. The Morgan fingerprint density at radius 3 is 2.12 bits per heavy atom. The highest BCUT2D eigenvalue weighted by atomic mass is 32.2. The van der Waals surface area contributed by atoms with E-state index in [1.807, 2.05) is 66.2 Å². The van der Waals surface area contributed by atoms with Crippen LogP contribution in [0.3, 0.4) is 0 Å². The molecule has 0 aliphatic carbocycles. The Kier molecular flexibility index (Phi) is 7.50. The molecule has 3 rings (SSSR count). The first-order valence-corrected chi connectivity index (χ1v) is 11.9. The first-order valence-electron chi connectivity index (χ1n) is 10.4. The predicted octanol–water partition coefficient (Wildman–Crippen LogP) is 3.57. The van der Waals surface area contributed by atoms with Crippen LogP contribution in [0.2, 0.25) is 0 Å². The lowest BCUT2D eigenvalue weighted by molar-refractivity contribution is -0.120. The molecule has 0 aliphatic heterocycles. The number of sulfonamides is 1. The lowest BCUT2D eigenvalue weighted by Gasteiger charge is -2.25. The molecule has 7 nitrogen and oxygen atoms in total. The molecule has 0 fully saturated rings. The van der Waals surface area contributed by atoms with Crippen molar-refractivity contribution < 1.29 is 18.0 Å². The van der Waals surface area contributed by atoms with Crippen molar-refractivity contribution in [3.05, 3.63) is 95.6 Å². The van der Waals surface area contributed by atoms with E-state index in [2.05, 4.69) is 5.32 Å². The Morgan fingerprint density at radius 2 is 1.48 bits per heavy atom. The van der Waals surface area contributed by atoms with Crippen LogP contribution < -0.4 is 14.9 Å². The first kappa shape index (κ1) is 24.0. The van der Waals surface area contributed by atoms with Crippen molar-refractivity contribution in [3.63, 3.8) is 0 Å². The number of anilines is 1. The van der Waals surface area contributed by atoms with Crippen molar-refractivity contribution in [2.24, 2.45) is 0 Å². The van der Waals surface area contributed by atoms with Crippen LogP contribution in [0.25, 0.3) is 0 Å². The van der Waals surface area contributed by atoms with Crippen LogP contribution in [-0.2, 0) is 21.2 Å². The van der Waals surface area contributed by atoms with Gasteiger partial charge in [0.1, 0.15) is 6.04 Å². The van der Waals surface area contributed by atoms with Crippen molar-refractivity contribution in [2.45, 2.75) is 31.2 Å². The summed E-state index contributed by atoms with van der Waals surface area (Å²) in [6.45, 7) is 3.59. The molecule has 0 aromatic heterocycles. The van der Waals surface area contributed by atoms with Gasteiger partial charge in [0.25, 0.3) is 10.0 Å². The summed E-state index contributed by atoms with van der Waals surface area (Å²) in [7, 11) is -2.48. The van der Waals surface area contributed by atoms with E-state index in [-0.39, 0.29) is 17.2 Å². The number of amides is 3. The number of likely N-dealkylation sites (N-methyl/N-ethyl adjacent to an activating group) is 1. The Hall–Kier alpha value is -3.65. The third-order valence-electron chi connectivity index (χ3n) is 5.25. The van der Waals surface area contributed by atoms with E-state index < -0.39 is 22.1 Å². The number of nitrogens with zero attached hydrogens (tertiary/aromatic N) is 1. The second-order valence-electron chi connectivity index (χ2n) is 7.82. The van der Waals surface area contributed by atoms with Crippen molar-refractivity contribution in [3.8, 4) is 0 Å². The molecule has 0 radical (unpaired) electrons. The van der Waals surface area contributed by atoms with Crippen LogP contribution in [-0.4, -0.2) is 33.4 Å². The van der Waals surface area contributed by atoms with E-state index in [0.717, 1.165) is 11.1 Å². The number of benzene rings is 3. The summed E-state index contributed by atoms with van der Waals surface area (Å²) < 4.78 is 27.4. The second-order valence-corrected chi connectivity index (χ2v) is 9.47. The highest BCUT2D eigenvalue weighted by molar-refractivity contribution is 7.90. The maximum absolute atomic E-state index is 13.3. The number of nitrogens with one attached hydrogen (secondary N) is 2. The van der Waals surface area contributed by atoms with Gasteiger partial charge < -0.3 is 10.2 Å². The number of aryl methyl sites for hydroxylation is 2. The van der Waals surface area contributed by atoms with Gasteiger partial charge in [0, 0.05) is 19.2 Å². The Bertz CT molecular complexity index is 1230. The molecule has 0 aliphatic rings. The van der Waals surface area contributed by atoms with E-state index >= 15 is 0 Å². The number of carbonyl (C=O) groups excluding carboxylic acids is 2. The predicted molar refractivity (Wildman–Crippen MR) is 129 cm³/mol. The summed E-state index contributed by atoms with van der Waals surface area (Å²) in [6.07, 6.45) is 0.202. The molecule has 3 aromatic rings. The Labute approximate surface area is 194 Å². The van der Waals surface area contributed by atoms with Gasteiger partial charge >= 0.3 is 6.03 Å². The van der Waals surface area contributed by atoms with Crippen LogP contribution in [0.15, 0.2) is 83.8 Å². The fourth-order valence-electron chi connectivity index (χ4n) is 3.40. The molecule has 0 unspecified atom stereocenters. The van der Waals surface area contributed by atoms with Gasteiger partial charge in [-0.15, -0.1) is 0 Å². The molecule has 0 bridgehead atoms. The summed E-state index contributed by atoms with van der Waals surface area (Å²) in [6, 6.07) is 21.0. The molecular formula is C25H27N3O4S. The summed E-state index contributed by atoms with van der Waals surface area (Å²) in [5, 5.41) is 2.55. The van der Waals surface area contributed by atoms with Crippen LogP contribution in [0.5, 0.6) is 0 Å². The van der Waals surface area contributed by atoms with Crippen LogP contribution in [0.4, 0.5) is 10.5 Å². The quantitative estimate of drug-likeness (QED) is 0.558. The molecule has 3 amide bonds. The molecule has 33 heavy (non-hydrogen) atoms. The minimum Gasteiger partial charge on any atom is -0.325 e. The molecule has 3 aromatic carbocycles. The van der Waals surface area contributed by atoms with Crippen molar-refractivity contribution >= 4 is 27.6 Å². The number of hydrogen-bond acceptors (Lipinski definition) is 4. The lowest BCUT2D eigenvalue weighted by Crippen LogP contribution is -2.52. The summed E-state index contributed by atoms with van der Waals surface area (Å²) in [4.78, 5) is 27.4. The highest BCUT2D eigenvalue weighted by Crippen LogP contribution is 2.17. The fraction of sp³-hybridized carbons (Fsp3) is 0.200. The smallest absolute Gasteiger partial charge is 0.325 e. The first-order chi connectivity index (χ1) is 15.7. The normalized spacial score (nSPS) is 12.0. The number of urea groups is 1. The Balaban J connectivity index is 1.81. The molecule has 0 saturated heterocycles. The molecule has 0 heterocycles. The zero-order chi connectivity index (χ0) is 24.0. The zero-order valence-electron chi connectivity index (χ0n) is 18.8. The topological polar surface area (TPSA) is 95.6 Å². The maximum Gasteiger partial charge on any atom is 0.329 e. The highest BCUT2D eigenvalue weighted by Gasteiger charge is 2.27. The third-order valence-corrected chi connectivity index (χ3v) is 6.74. The van der Waals surface area contributed by atoms with Crippen LogP contribution in [0.1, 0.15) is 16.7 Å². The molecule has 0 saturated carbocycles. The average Bonchev–Trinajstić information content (AvgIpc) is 2.78. The SMILES string of the molecule is Cc1ccc(N(C)C(=O)[C@H](Cc2ccccc2)NC(=O)NS(=O)(=O)c2ccccc2C)cc1. The van der Waals surface area contributed by atoms with Gasteiger partial charge in [-0.1, -0.05) is 66.2 Å². The van der Waals surface area contributed by atoms with Gasteiger partial charge in [0.2, 0.25) is 5.91 Å². The molecule has 2 N–H and O–H groups in total. The zero-order valence-corrected chi connectivity index (χ0v) is 19.6. The molecular weight excluding hydrogens is 438 g/mol. The Morgan fingerprint density at radius 1 is 0.879 bits per heavy atom. The molecule has 1 atom stereocenters. The van der Waals surface area contributed by atoms with Crippen molar-refractivity contribution in [1.29, 1.82) is 0 Å². The minimum atomic E-state index is -4.10. The summed E-state index contributed by atoms with van der Waals surface area (Å²) in [5.41, 5.74) is 3.06. The van der Waals surface area contributed by atoms with E-state index in [1.54, 1.807) is 32.2 Å². The second kappa shape index (κ2) is 10.3. The number of carbonyl (C=O) groups is 2. The largest absolute Gasteiger partial charge is 0.329 e. The standard InChI is InChI=1S/C25H27N3O4S/c1-18-13-15-21(16-14-18)28(3)24(29)22(17-20-10-5-4-6-11-20)26-25(30)27-33(31,32)23-12-8-7-9-19(23)2/h4-16,22H,17H2,1-3H3,(H2,26,27,30)/t22-/m0/s1. The monoisotopic (exact) mass is 465 g/mol. The van der Waals surface area contributed by atoms with Gasteiger partial charge in [-0.25, -0.2) is 17.9 Å². The average molecular weight is 466 g/mol. The number of hydrogen-bond donors (Lipinski definition) is 2. The summed E-state index contributed by atoms with van der Waals surface area (Å²) >= 11 is 0. The maximum atomic E-state index is 13.3. The van der Waals surface area contributed by atoms with E-state index in [0.29, 0.717) is 11.3 Å². The van der Waals surface area contributed by atoms with E-state index in [4.69, 9.17) is 0 Å². The van der Waals surface area contributed by atoms with Gasteiger partial charge in [-0.2, -0.15) is 0 Å². The minimum absolute atomic E-state index is 0.00265. The van der Waals surface area contributed by atoms with Crippen molar-refractivity contribution in [1.82, 2.24) is 10.0 Å². The molecule has 0 spiro atoms. The van der Waals surface area contributed by atoms with Crippen LogP contribution >= 0.6 is 0 Å². The van der Waals surface area contributed by atoms with Gasteiger partial charge in [-0.05, 0) is 43.2 Å². The number of rotatable bonds is 7. The van der Waals surface area contributed by atoms with E-state index in [9.17, 15) is 18.0 Å². The fourth-order valence-corrected chi connectivity index (χ4v) is 4.56. The molecule has 8 heteroatoms. The van der Waals surface area contributed by atoms with Gasteiger partial charge in [0.05, 0.1) is 4.90 Å². The van der Waals surface area contributed by atoms with Gasteiger partial charge in [0.15, 0.2) is 0 Å². The third kappa shape index (κ3) is 6.20. The van der Waals surface area contributed by atoms with Crippen LogP contribution in [0, 0.1) is 13.8 Å². The van der Waals surface area contributed by atoms with E-state index in [1.165, 1.54) is 11.0 Å². The van der Waals surface area contributed by atoms with Crippen molar-refractivity contribution in [2.75, 3.05) is 11.9 Å². The lowest BCUT2D eigenvalue weighted by atomic mass is 10.0.